The molecule has 24 heavy (non-hydrogen) atoms. The molecule has 6 heteroatoms. The standard InChI is InChI=1S/C18H19FN4O/c19-14-3-1-13(2-4-14)12-22-7-9-23(10-8-22)18-21-16-11-15(20)5-6-17(16)24-18/h1-6,11H,7-10,12,20H2. The average Bonchev–Trinajstić information content (AvgIpc) is 3.01. The Morgan fingerprint density at radius 2 is 1.79 bits per heavy atom. The van der Waals surface area contributed by atoms with Crippen molar-refractivity contribution in [2.45, 2.75) is 6.54 Å². The summed E-state index contributed by atoms with van der Waals surface area (Å²) in [5.41, 5.74) is 9.15. The van der Waals surface area contributed by atoms with Crippen molar-refractivity contribution < 1.29 is 8.81 Å². The quantitative estimate of drug-likeness (QED) is 0.750. The zero-order chi connectivity index (χ0) is 16.5. The SMILES string of the molecule is Nc1ccc2oc(N3CCN(Cc4ccc(F)cc4)CC3)nc2c1. The van der Waals surface area contributed by atoms with E-state index in [-0.39, 0.29) is 5.82 Å². The summed E-state index contributed by atoms with van der Waals surface area (Å²) in [6, 6.07) is 12.8. The number of piperazine rings is 1. The topological polar surface area (TPSA) is 58.5 Å². The van der Waals surface area contributed by atoms with E-state index in [9.17, 15) is 4.39 Å². The number of halogens is 1. The zero-order valence-electron chi connectivity index (χ0n) is 13.3. The van der Waals surface area contributed by atoms with Crippen LogP contribution in [0.5, 0.6) is 0 Å². The van der Waals surface area contributed by atoms with Gasteiger partial charge in [-0.25, -0.2) is 4.39 Å². The predicted octanol–water partition coefficient (Wildman–Crippen LogP) is 2.87. The molecule has 1 aliphatic heterocycles. The Labute approximate surface area is 139 Å². The lowest BCUT2D eigenvalue weighted by Crippen LogP contribution is -2.46. The molecular weight excluding hydrogens is 307 g/mol. The van der Waals surface area contributed by atoms with Crippen molar-refractivity contribution in [3.8, 4) is 0 Å². The Kier molecular flexibility index (Phi) is 3.82. The molecule has 5 nitrogen and oxygen atoms in total. The molecule has 0 amide bonds. The number of oxazole rings is 1. The van der Waals surface area contributed by atoms with Crippen LogP contribution >= 0.6 is 0 Å². The summed E-state index contributed by atoms with van der Waals surface area (Å²) in [7, 11) is 0. The lowest BCUT2D eigenvalue weighted by Gasteiger charge is -2.33. The molecule has 1 aromatic heterocycles. The maximum absolute atomic E-state index is 13.0. The summed E-state index contributed by atoms with van der Waals surface area (Å²) < 4.78 is 18.8. The van der Waals surface area contributed by atoms with E-state index in [1.807, 2.05) is 30.3 Å². The van der Waals surface area contributed by atoms with Gasteiger partial charge in [0.25, 0.3) is 6.01 Å². The number of aromatic nitrogens is 1. The molecule has 1 fully saturated rings. The van der Waals surface area contributed by atoms with Crippen LogP contribution in [0.1, 0.15) is 5.56 Å². The first-order valence-electron chi connectivity index (χ1n) is 8.05. The van der Waals surface area contributed by atoms with Crippen LogP contribution in [0, 0.1) is 5.82 Å². The normalized spacial score (nSPS) is 16.0. The lowest BCUT2D eigenvalue weighted by atomic mass is 10.2. The zero-order valence-corrected chi connectivity index (χ0v) is 13.3. The second-order valence-electron chi connectivity index (χ2n) is 6.11. The van der Waals surface area contributed by atoms with Crippen LogP contribution in [0.25, 0.3) is 11.1 Å². The molecule has 0 unspecified atom stereocenters. The van der Waals surface area contributed by atoms with Gasteiger partial charge in [-0.2, -0.15) is 4.98 Å². The summed E-state index contributed by atoms with van der Waals surface area (Å²) in [4.78, 5) is 9.04. The number of nitrogen functional groups attached to an aromatic ring is 1. The summed E-state index contributed by atoms with van der Waals surface area (Å²) in [5.74, 6) is -0.194. The number of hydrogen-bond donors (Lipinski definition) is 1. The van der Waals surface area contributed by atoms with Crippen LogP contribution in [-0.2, 0) is 6.54 Å². The van der Waals surface area contributed by atoms with Crippen LogP contribution in [-0.4, -0.2) is 36.1 Å². The van der Waals surface area contributed by atoms with Gasteiger partial charge in [-0.05, 0) is 35.9 Å². The van der Waals surface area contributed by atoms with Crippen LogP contribution in [0.4, 0.5) is 16.1 Å². The van der Waals surface area contributed by atoms with Crippen molar-refractivity contribution in [3.05, 3.63) is 53.8 Å². The van der Waals surface area contributed by atoms with Gasteiger partial charge < -0.3 is 15.1 Å². The fourth-order valence-corrected chi connectivity index (χ4v) is 3.01. The first kappa shape index (κ1) is 15.0. The minimum absolute atomic E-state index is 0.194. The third-order valence-corrected chi connectivity index (χ3v) is 4.36. The molecule has 0 atom stereocenters. The Hall–Kier alpha value is -2.60. The molecule has 0 radical (unpaired) electrons. The van der Waals surface area contributed by atoms with Crippen molar-refractivity contribution in [2.75, 3.05) is 36.8 Å². The van der Waals surface area contributed by atoms with Gasteiger partial charge in [0.15, 0.2) is 5.58 Å². The van der Waals surface area contributed by atoms with Gasteiger partial charge in [-0.3, -0.25) is 4.90 Å². The van der Waals surface area contributed by atoms with Crippen LogP contribution in [0.3, 0.4) is 0 Å². The van der Waals surface area contributed by atoms with E-state index in [2.05, 4.69) is 14.8 Å². The molecule has 4 rings (SSSR count). The summed E-state index contributed by atoms with van der Waals surface area (Å²) in [5, 5.41) is 0. The Morgan fingerprint density at radius 3 is 2.54 bits per heavy atom. The molecule has 2 N–H and O–H groups in total. The van der Waals surface area contributed by atoms with Crippen LogP contribution in [0.2, 0.25) is 0 Å². The minimum Gasteiger partial charge on any atom is -0.423 e. The second-order valence-corrected chi connectivity index (χ2v) is 6.11. The summed E-state index contributed by atoms with van der Waals surface area (Å²) in [6.07, 6.45) is 0. The first-order chi connectivity index (χ1) is 11.7. The molecule has 1 aliphatic rings. The van der Waals surface area contributed by atoms with E-state index in [0.717, 1.165) is 49.4 Å². The highest BCUT2D eigenvalue weighted by atomic mass is 19.1. The minimum atomic E-state index is -0.194. The first-order valence-corrected chi connectivity index (χ1v) is 8.05. The third kappa shape index (κ3) is 3.05. The van der Waals surface area contributed by atoms with Crippen LogP contribution in [0.15, 0.2) is 46.9 Å². The molecule has 2 aromatic carbocycles. The third-order valence-electron chi connectivity index (χ3n) is 4.36. The maximum Gasteiger partial charge on any atom is 0.298 e. The molecule has 0 spiro atoms. The van der Waals surface area contributed by atoms with E-state index < -0.39 is 0 Å². The number of anilines is 2. The van der Waals surface area contributed by atoms with Crippen molar-refractivity contribution in [2.24, 2.45) is 0 Å². The monoisotopic (exact) mass is 326 g/mol. The number of hydrogen-bond acceptors (Lipinski definition) is 5. The highest BCUT2D eigenvalue weighted by Gasteiger charge is 2.21. The summed E-state index contributed by atoms with van der Waals surface area (Å²) >= 11 is 0. The van der Waals surface area contributed by atoms with E-state index in [1.54, 1.807) is 0 Å². The van der Waals surface area contributed by atoms with Gasteiger partial charge in [0.05, 0.1) is 0 Å². The number of nitrogens with two attached hydrogens (primary N) is 1. The van der Waals surface area contributed by atoms with Crippen molar-refractivity contribution in [1.82, 2.24) is 9.88 Å². The second kappa shape index (κ2) is 6.13. The van der Waals surface area contributed by atoms with E-state index in [0.29, 0.717) is 11.7 Å². The highest BCUT2D eigenvalue weighted by molar-refractivity contribution is 5.78. The highest BCUT2D eigenvalue weighted by Crippen LogP contribution is 2.24. The molecule has 2 heterocycles. The number of nitrogens with zero attached hydrogens (tertiary/aromatic N) is 3. The largest absolute Gasteiger partial charge is 0.423 e. The number of rotatable bonds is 3. The molecule has 1 saturated heterocycles. The molecular formula is C18H19FN4O. The Balaban J connectivity index is 1.40. The average molecular weight is 326 g/mol. The van der Waals surface area contributed by atoms with Crippen LogP contribution < -0.4 is 10.6 Å². The van der Waals surface area contributed by atoms with Gasteiger partial charge in [-0.15, -0.1) is 0 Å². The molecule has 124 valence electrons. The number of fused-ring (bicyclic) bond motifs is 1. The lowest BCUT2D eigenvalue weighted by molar-refractivity contribution is 0.245. The Morgan fingerprint density at radius 1 is 1.04 bits per heavy atom. The molecule has 0 saturated carbocycles. The maximum atomic E-state index is 13.0. The molecule has 0 bridgehead atoms. The predicted molar refractivity (Wildman–Crippen MR) is 92.3 cm³/mol. The van der Waals surface area contributed by atoms with Crippen molar-refractivity contribution in [1.29, 1.82) is 0 Å². The van der Waals surface area contributed by atoms with Gasteiger partial charge in [0.2, 0.25) is 0 Å². The van der Waals surface area contributed by atoms with Gasteiger partial charge >= 0.3 is 0 Å². The summed E-state index contributed by atoms with van der Waals surface area (Å²) in [6.45, 7) is 4.36. The Bertz CT molecular complexity index is 838. The fraction of sp³-hybridized carbons (Fsp3) is 0.278. The van der Waals surface area contributed by atoms with E-state index >= 15 is 0 Å². The molecule has 3 aromatic rings. The van der Waals surface area contributed by atoms with E-state index in [4.69, 9.17) is 10.2 Å². The smallest absolute Gasteiger partial charge is 0.298 e. The van der Waals surface area contributed by atoms with E-state index in [1.165, 1.54) is 12.1 Å². The number of benzene rings is 2. The van der Waals surface area contributed by atoms with Gasteiger partial charge in [0, 0.05) is 38.4 Å². The molecule has 0 aliphatic carbocycles. The van der Waals surface area contributed by atoms with Crippen molar-refractivity contribution >= 4 is 22.8 Å². The van der Waals surface area contributed by atoms with Gasteiger partial charge in [0.1, 0.15) is 11.3 Å². The van der Waals surface area contributed by atoms with Gasteiger partial charge in [-0.1, -0.05) is 12.1 Å². The fourth-order valence-electron chi connectivity index (χ4n) is 3.01. The van der Waals surface area contributed by atoms with Crippen molar-refractivity contribution in [3.63, 3.8) is 0 Å².